The number of carbonyl (C=O) groups is 3. The van der Waals surface area contributed by atoms with Crippen molar-refractivity contribution >= 4 is 17.9 Å². The summed E-state index contributed by atoms with van der Waals surface area (Å²) >= 11 is 0. The molecule has 3 N–H and O–H groups in total. The Morgan fingerprint density at radius 1 is 0.951 bits per heavy atom. The van der Waals surface area contributed by atoms with Crippen LogP contribution in [0.4, 0.5) is 4.79 Å². The number of alkyl carbamates (subject to hydrolysis) is 1. The van der Waals surface area contributed by atoms with Crippen molar-refractivity contribution in [2.45, 2.75) is 58.3 Å². The van der Waals surface area contributed by atoms with Crippen LogP contribution in [0.15, 0.2) is 78.9 Å². The van der Waals surface area contributed by atoms with Crippen molar-refractivity contribution in [3.05, 3.63) is 101 Å². The number of nitrogens with one attached hydrogen (secondary N) is 2. The largest absolute Gasteiger partial charge is 0.508 e. The highest BCUT2D eigenvalue weighted by atomic mass is 16.6. The first-order valence-electron chi connectivity index (χ1n) is 13.5. The van der Waals surface area contributed by atoms with Crippen molar-refractivity contribution < 1.29 is 24.2 Å². The highest BCUT2D eigenvalue weighted by molar-refractivity contribution is 5.92. The van der Waals surface area contributed by atoms with E-state index in [0.29, 0.717) is 16.7 Å². The van der Waals surface area contributed by atoms with Gasteiger partial charge in [-0.1, -0.05) is 66.6 Å². The smallest absolute Gasteiger partial charge is 0.408 e. The fourth-order valence-electron chi connectivity index (χ4n) is 4.38. The minimum Gasteiger partial charge on any atom is -0.508 e. The summed E-state index contributed by atoms with van der Waals surface area (Å²) in [6, 6.07) is 20.6. The monoisotopic (exact) mass is 555 g/mol. The average molecular weight is 556 g/mol. The number of nitrogens with zero attached hydrogens (tertiary/aromatic N) is 1. The lowest BCUT2D eigenvalue weighted by Gasteiger charge is -2.34. The van der Waals surface area contributed by atoms with Crippen molar-refractivity contribution in [1.82, 2.24) is 15.5 Å². The van der Waals surface area contributed by atoms with E-state index in [1.165, 1.54) is 17.0 Å². The molecule has 0 spiro atoms. The Morgan fingerprint density at radius 2 is 1.59 bits per heavy atom. The minimum atomic E-state index is -1.07. The van der Waals surface area contributed by atoms with Crippen LogP contribution in [0.5, 0.6) is 5.75 Å². The molecule has 2 unspecified atom stereocenters. The molecule has 2 atom stereocenters. The maximum Gasteiger partial charge on any atom is 0.408 e. The number of aromatic hydroxyl groups is 1. The summed E-state index contributed by atoms with van der Waals surface area (Å²) in [5.74, 6) is 1.80. The van der Waals surface area contributed by atoms with Gasteiger partial charge in [0.1, 0.15) is 23.4 Å². The second-order valence-corrected chi connectivity index (χ2v) is 10.5. The second kappa shape index (κ2) is 14.0. The molecule has 214 valence electrons. The van der Waals surface area contributed by atoms with Gasteiger partial charge in [0.2, 0.25) is 11.8 Å². The maximum atomic E-state index is 14.2. The molecule has 0 radical (unpaired) electrons. The van der Waals surface area contributed by atoms with Gasteiger partial charge in [0, 0.05) is 25.1 Å². The number of hydrogen-bond donors (Lipinski definition) is 3. The van der Waals surface area contributed by atoms with E-state index < -0.39 is 35.6 Å². The summed E-state index contributed by atoms with van der Waals surface area (Å²) < 4.78 is 5.44. The molecular weight excluding hydrogens is 518 g/mol. The Hall–Kier alpha value is -4.77. The first-order valence-corrected chi connectivity index (χ1v) is 13.5. The van der Waals surface area contributed by atoms with Crippen molar-refractivity contribution in [2.75, 3.05) is 6.54 Å². The number of rotatable bonds is 10. The average Bonchev–Trinajstić information content (AvgIpc) is 2.94. The van der Waals surface area contributed by atoms with Crippen LogP contribution in [0, 0.1) is 12.3 Å². The molecule has 0 aliphatic rings. The first kappa shape index (κ1) is 30.8. The van der Waals surface area contributed by atoms with Crippen molar-refractivity contribution in [3.63, 3.8) is 0 Å². The molecule has 8 heteroatoms. The molecule has 0 aliphatic carbocycles. The topological polar surface area (TPSA) is 108 Å². The Balaban J connectivity index is 2.00. The first-order chi connectivity index (χ1) is 19.5. The molecule has 0 fully saturated rings. The number of ether oxygens (including phenoxy) is 1. The summed E-state index contributed by atoms with van der Waals surface area (Å²) in [5.41, 5.74) is 1.79. The fourth-order valence-corrected chi connectivity index (χ4v) is 4.38. The number of amides is 3. The predicted octanol–water partition coefficient (Wildman–Crippen LogP) is 4.72. The number of likely N-dealkylation sites (N-methyl/N-ethyl adjacent to an activating group) is 1. The van der Waals surface area contributed by atoms with Crippen LogP contribution < -0.4 is 10.6 Å². The Morgan fingerprint density at radius 3 is 2.20 bits per heavy atom. The molecule has 3 amide bonds. The Bertz CT molecular complexity index is 1370. The molecule has 0 saturated heterocycles. The number of hydrogen-bond acceptors (Lipinski definition) is 5. The van der Waals surface area contributed by atoms with E-state index in [2.05, 4.69) is 16.6 Å². The highest BCUT2D eigenvalue weighted by Gasteiger charge is 2.36. The van der Waals surface area contributed by atoms with Crippen molar-refractivity contribution in [3.8, 4) is 18.1 Å². The Kier molecular flexibility index (Phi) is 10.5. The van der Waals surface area contributed by atoms with Crippen LogP contribution in [-0.2, 0) is 27.3 Å². The van der Waals surface area contributed by atoms with E-state index in [-0.39, 0.29) is 25.3 Å². The lowest BCUT2D eigenvalue weighted by Crippen LogP contribution is -2.53. The Labute approximate surface area is 241 Å². The fraction of sp³-hybridized carbons (Fsp3) is 0.303. The second-order valence-electron chi connectivity index (χ2n) is 10.5. The lowest BCUT2D eigenvalue weighted by molar-refractivity contribution is -0.142. The number of phenols is 1. The number of benzene rings is 3. The zero-order valence-corrected chi connectivity index (χ0v) is 23.9. The lowest BCUT2D eigenvalue weighted by atomic mass is 9.96. The van der Waals surface area contributed by atoms with Crippen LogP contribution >= 0.6 is 0 Å². The third-order valence-corrected chi connectivity index (χ3v) is 6.27. The van der Waals surface area contributed by atoms with Gasteiger partial charge < -0.3 is 25.4 Å². The molecule has 0 saturated carbocycles. The normalized spacial score (nSPS) is 12.4. The summed E-state index contributed by atoms with van der Waals surface area (Å²) in [6.45, 7) is 7.36. The zero-order chi connectivity index (χ0) is 30.0. The SMILES string of the molecule is C#Cc1ccccc1C(C(=O)NCc1ccccc1)N(CC)C(=O)C(Cc1ccc(O)cc1)NC(=O)OC(C)(C)C. The van der Waals surface area contributed by atoms with Gasteiger partial charge in [0.15, 0.2) is 0 Å². The maximum absolute atomic E-state index is 14.2. The third-order valence-electron chi connectivity index (χ3n) is 6.27. The van der Waals surface area contributed by atoms with Gasteiger partial charge in [-0.25, -0.2) is 4.79 Å². The van der Waals surface area contributed by atoms with Gasteiger partial charge in [-0.15, -0.1) is 6.42 Å². The van der Waals surface area contributed by atoms with Crippen LogP contribution in [0.3, 0.4) is 0 Å². The molecule has 0 aliphatic heterocycles. The standard InChI is InChI=1S/C33H37N3O5/c1-6-25-15-11-12-16-27(25)29(30(38)34-22-24-13-9-8-10-14-24)36(7-2)31(39)28(35-32(40)41-33(3,4)5)21-23-17-19-26(37)20-18-23/h1,8-20,28-29,37H,7,21-22H2,2-5H3,(H,34,38)(H,35,40). The van der Waals surface area contributed by atoms with Gasteiger partial charge in [-0.3, -0.25) is 9.59 Å². The van der Waals surface area contributed by atoms with Crippen molar-refractivity contribution in [1.29, 1.82) is 0 Å². The molecule has 41 heavy (non-hydrogen) atoms. The predicted molar refractivity (Wildman–Crippen MR) is 158 cm³/mol. The van der Waals surface area contributed by atoms with E-state index >= 15 is 0 Å². The van der Waals surface area contributed by atoms with E-state index in [1.54, 1.807) is 64.1 Å². The minimum absolute atomic E-state index is 0.0768. The molecule has 0 bridgehead atoms. The number of terminal acetylenes is 1. The zero-order valence-electron chi connectivity index (χ0n) is 23.9. The molecule has 0 heterocycles. The van der Waals surface area contributed by atoms with E-state index in [1.807, 2.05) is 30.3 Å². The summed E-state index contributed by atoms with van der Waals surface area (Å²) in [6.07, 6.45) is 5.13. The molecule has 0 aromatic heterocycles. The molecule has 3 aromatic carbocycles. The van der Waals surface area contributed by atoms with E-state index in [9.17, 15) is 19.5 Å². The summed E-state index contributed by atoms with van der Waals surface area (Å²) in [7, 11) is 0. The molecule has 3 rings (SSSR count). The number of phenolic OH excluding ortho intramolecular Hbond substituents is 1. The summed E-state index contributed by atoms with van der Waals surface area (Å²) in [4.78, 5) is 42.2. The quantitative estimate of drug-likeness (QED) is 0.314. The molecular formula is C33H37N3O5. The number of carbonyl (C=O) groups excluding carboxylic acids is 3. The molecule has 3 aromatic rings. The summed E-state index contributed by atoms with van der Waals surface area (Å²) in [5, 5.41) is 15.4. The van der Waals surface area contributed by atoms with Crippen LogP contribution in [-0.4, -0.2) is 46.1 Å². The van der Waals surface area contributed by atoms with Crippen LogP contribution in [0.2, 0.25) is 0 Å². The van der Waals surface area contributed by atoms with E-state index in [0.717, 1.165) is 5.56 Å². The van der Waals surface area contributed by atoms with Gasteiger partial charge in [0.25, 0.3) is 0 Å². The van der Waals surface area contributed by atoms with Gasteiger partial charge in [0.05, 0.1) is 0 Å². The van der Waals surface area contributed by atoms with Crippen LogP contribution in [0.1, 0.15) is 56.0 Å². The third kappa shape index (κ3) is 8.87. The highest BCUT2D eigenvalue weighted by Crippen LogP contribution is 2.26. The van der Waals surface area contributed by atoms with Gasteiger partial charge in [-0.05, 0) is 62.6 Å². The molecule has 8 nitrogen and oxygen atoms in total. The van der Waals surface area contributed by atoms with Gasteiger partial charge >= 0.3 is 6.09 Å². The van der Waals surface area contributed by atoms with Crippen LogP contribution in [0.25, 0.3) is 0 Å². The van der Waals surface area contributed by atoms with E-state index in [4.69, 9.17) is 11.2 Å². The van der Waals surface area contributed by atoms with Gasteiger partial charge in [-0.2, -0.15) is 0 Å². The van der Waals surface area contributed by atoms with Crippen molar-refractivity contribution in [2.24, 2.45) is 0 Å².